The van der Waals surface area contributed by atoms with Crippen LogP contribution in [0.15, 0.2) is 60.7 Å². The fraction of sp³-hybridized carbons (Fsp3) is 0.417. The minimum Gasteiger partial charge on any atom is -0.444 e. The quantitative estimate of drug-likeness (QED) is 0.737. The Morgan fingerprint density at radius 1 is 1.00 bits per heavy atom. The number of β-lactam (4-membered cyclic amide) rings is 1. The van der Waals surface area contributed by atoms with Crippen LogP contribution in [-0.4, -0.2) is 28.5 Å². The standard InChI is InChI=1S/C24H30N2O3/c1-16(25-23(28)29-24(3,4)5)20-21(19-14-10-7-11-15-19)26(22(20)27)17(2)18-12-8-6-9-13-18/h6-17,20-21H,1-5H3,(H,25,28)/t16-,17-,20+,21+/m0/s1. The summed E-state index contributed by atoms with van der Waals surface area (Å²) in [5.74, 6) is -0.296. The Bertz CT molecular complexity index is 845. The lowest BCUT2D eigenvalue weighted by molar-refractivity contribution is -0.163. The second-order valence-corrected chi connectivity index (χ2v) is 8.65. The van der Waals surface area contributed by atoms with E-state index in [4.69, 9.17) is 4.74 Å². The number of hydrogen-bond acceptors (Lipinski definition) is 3. The van der Waals surface area contributed by atoms with Crippen molar-refractivity contribution in [3.63, 3.8) is 0 Å². The highest BCUT2D eigenvalue weighted by Gasteiger charge is 2.52. The Hall–Kier alpha value is -2.82. The first-order valence-electron chi connectivity index (χ1n) is 10.1. The number of nitrogens with one attached hydrogen (secondary N) is 1. The van der Waals surface area contributed by atoms with Crippen LogP contribution in [0, 0.1) is 5.92 Å². The zero-order valence-electron chi connectivity index (χ0n) is 17.8. The molecule has 1 heterocycles. The molecular formula is C24H30N2O3. The van der Waals surface area contributed by atoms with Crippen molar-refractivity contribution in [1.82, 2.24) is 10.2 Å². The molecule has 2 aromatic carbocycles. The summed E-state index contributed by atoms with van der Waals surface area (Å²) in [6, 6.07) is 19.5. The number of ether oxygens (including phenoxy) is 1. The van der Waals surface area contributed by atoms with Crippen molar-refractivity contribution in [2.45, 2.75) is 58.3 Å². The molecule has 0 saturated carbocycles. The predicted molar refractivity (Wildman–Crippen MR) is 113 cm³/mol. The molecular weight excluding hydrogens is 364 g/mol. The average molecular weight is 395 g/mol. The van der Waals surface area contributed by atoms with E-state index in [0.717, 1.165) is 11.1 Å². The summed E-state index contributed by atoms with van der Waals surface area (Å²) in [6.07, 6.45) is -0.501. The van der Waals surface area contributed by atoms with Gasteiger partial charge >= 0.3 is 6.09 Å². The number of likely N-dealkylation sites (tertiary alicyclic amines) is 1. The molecule has 29 heavy (non-hydrogen) atoms. The highest BCUT2D eigenvalue weighted by molar-refractivity contribution is 5.88. The van der Waals surface area contributed by atoms with E-state index in [9.17, 15) is 9.59 Å². The molecule has 4 atom stereocenters. The minimum atomic E-state index is -0.583. The molecule has 0 spiro atoms. The molecule has 3 rings (SSSR count). The highest BCUT2D eigenvalue weighted by Crippen LogP contribution is 2.46. The number of nitrogens with zero attached hydrogens (tertiary/aromatic N) is 1. The molecule has 0 unspecified atom stereocenters. The minimum absolute atomic E-state index is 0.0405. The Morgan fingerprint density at radius 3 is 2.10 bits per heavy atom. The number of benzene rings is 2. The van der Waals surface area contributed by atoms with Crippen LogP contribution in [0.3, 0.4) is 0 Å². The molecule has 0 aliphatic carbocycles. The lowest BCUT2D eigenvalue weighted by Crippen LogP contribution is -2.62. The number of hydrogen-bond donors (Lipinski definition) is 1. The van der Waals surface area contributed by atoms with Crippen LogP contribution < -0.4 is 5.32 Å². The predicted octanol–water partition coefficient (Wildman–Crippen LogP) is 4.86. The van der Waals surface area contributed by atoms with Gasteiger partial charge in [-0.1, -0.05) is 60.7 Å². The van der Waals surface area contributed by atoms with Gasteiger partial charge in [-0.3, -0.25) is 4.79 Å². The molecule has 1 N–H and O–H groups in total. The molecule has 0 aromatic heterocycles. The summed E-state index contributed by atoms with van der Waals surface area (Å²) in [4.78, 5) is 27.4. The summed E-state index contributed by atoms with van der Waals surface area (Å²) in [5.41, 5.74) is 1.57. The van der Waals surface area contributed by atoms with Crippen LogP contribution in [-0.2, 0) is 9.53 Å². The SMILES string of the molecule is C[C@H](NC(=O)OC(C)(C)C)[C@H]1C(=O)N([C@@H](C)c2ccccc2)[C@@H]1c1ccccc1. The average Bonchev–Trinajstić information content (AvgIpc) is 2.65. The zero-order valence-corrected chi connectivity index (χ0v) is 17.8. The van der Waals surface area contributed by atoms with E-state index in [1.807, 2.05) is 100 Å². The van der Waals surface area contributed by atoms with Crippen LogP contribution in [0.5, 0.6) is 0 Å². The van der Waals surface area contributed by atoms with Crippen LogP contribution in [0.2, 0.25) is 0 Å². The number of amides is 2. The van der Waals surface area contributed by atoms with Crippen molar-refractivity contribution in [2.75, 3.05) is 0 Å². The molecule has 1 aliphatic rings. The summed E-state index contributed by atoms with van der Waals surface area (Å²) < 4.78 is 5.37. The molecule has 154 valence electrons. The molecule has 2 amide bonds. The second kappa shape index (κ2) is 8.27. The Morgan fingerprint density at radius 2 is 1.55 bits per heavy atom. The number of rotatable bonds is 5. The number of carbonyl (C=O) groups is 2. The van der Waals surface area contributed by atoms with Gasteiger partial charge in [-0.15, -0.1) is 0 Å². The van der Waals surface area contributed by atoms with E-state index in [1.54, 1.807) is 0 Å². The van der Waals surface area contributed by atoms with E-state index < -0.39 is 11.7 Å². The first-order valence-corrected chi connectivity index (χ1v) is 10.1. The third-order valence-corrected chi connectivity index (χ3v) is 5.30. The summed E-state index contributed by atoms with van der Waals surface area (Å²) in [5, 5.41) is 2.86. The van der Waals surface area contributed by atoms with Crippen LogP contribution in [0.1, 0.15) is 57.8 Å². The van der Waals surface area contributed by atoms with Crippen molar-refractivity contribution < 1.29 is 14.3 Å². The molecule has 1 aliphatic heterocycles. The summed E-state index contributed by atoms with van der Waals surface area (Å²) in [6.45, 7) is 9.38. The van der Waals surface area contributed by atoms with Crippen LogP contribution >= 0.6 is 0 Å². The smallest absolute Gasteiger partial charge is 0.407 e. The van der Waals surface area contributed by atoms with Crippen LogP contribution in [0.4, 0.5) is 4.79 Å². The van der Waals surface area contributed by atoms with Gasteiger partial charge in [0.1, 0.15) is 5.60 Å². The van der Waals surface area contributed by atoms with Crippen LogP contribution in [0.25, 0.3) is 0 Å². The summed E-state index contributed by atoms with van der Waals surface area (Å²) >= 11 is 0. The van der Waals surface area contributed by atoms with E-state index in [1.165, 1.54) is 0 Å². The lowest BCUT2D eigenvalue weighted by atomic mass is 9.76. The van der Waals surface area contributed by atoms with Gasteiger partial charge in [0.25, 0.3) is 0 Å². The first kappa shape index (κ1) is 20.9. The second-order valence-electron chi connectivity index (χ2n) is 8.65. The number of alkyl carbamates (subject to hydrolysis) is 1. The molecule has 1 saturated heterocycles. The topological polar surface area (TPSA) is 58.6 Å². The van der Waals surface area contributed by atoms with Gasteiger partial charge in [0.2, 0.25) is 5.91 Å². The monoisotopic (exact) mass is 394 g/mol. The van der Waals surface area contributed by atoms with E-state index in [2.05, 4.69) is 5.32 Å². The summed E-state index contributed by atoms with van der Waals surface area (Å²) in [7, 11) is 0. The van der Waals surface area contributed by atoms with E-state index in [-0.39, 0.29) is 30.0 Å². The van der Waals surface area contributed by atoms with Gasteiger partial charge in [0.15, 0.2) is 0 Å². The van der Waals surface area contributed by atoms with Crippen molar-refractivity contribution in [1.29, 1.82) is 0 Å². The van der Waals surface area contributed by atoms with Gasteiger partial charge in [-0.2, -0.15) is 0 Å². The third-order valence-electron chi connectivity index (χ3n) is 5.30. The first-order chi connectivity index (χ1) is 13.7. The van der Waals surface area contributed by atoms with Crippen molar-refractivity contribution >= 4 is 12.0 Å². The molecule has 5 heteroatoms. The molecule has 0 radical (unpaired) electrons. The molecule has 2 aromatic rings. The van der Waals surface area contributed by atoms with E-state index in [0.29, 0.717) is 0 Å². The fourth-order valence-corrected chi connectivity index (χ4v) is 3.95. The van der Waals surface area contributed by atoms with Gasteiger partial charge in [0.05, 0.1) is 18.0 Å². The van der Waals surface area contributed by atoms with Gasteiger partial charge < -0.3 is 15.0 Å². The van der Waals surface area contributed by atoms with Crippen molar-refractivity contribution in [3.05, 3.63) is 71.8 Å². The maximum atomic E-state index is 13.2. The Labute approximate surface area is 173 Å². The number of carbonyl (C=O) groups excluding carboxylic acids is 2. The largest absolute Gasteiger partial charge is 0.444 e. The third kappa shape index (κ3) is 4.61. The molecule has 1 fully saturated rings. The lowest BCUT2D eigenvalue weighted by Gasteiger charge is -2.52. The normalized spacial score (nSPS) is 21.1. The van der Waals surface area contributed by atoms with Gasteiger partial charge in [-0.05, 0) is 45.7 Å². The van der Waals surface area contributed by atoms with Crippen molar-refractivity contribution in [2.24, 2.45) is 5.92 Å². The molecule has 5 nitrogen and oxygen atoms in total. The fourth-order valence-electron chi connectivity index (χ4n) is 3.95. The van der Waals surface area contributed by atoms with Gasteiger partial charge in [-0.25, -0.2) is 4.79 Å². The Balaban J connectivity index is 1.83. The Kier molecular flexibility index (Phi) is 5.96. The van der Waals surface area contributed by atoms with E-state index >= 15 is 0 Å². The maximum absolute atomic E-state index is 13.2. The van der Waals surface area contributed by atoms with Gasteiger partial charge in [0, 0.05) is 6.04 Å². The molecule has 0 bridgehead atoms. The maximum Gasteiger partial charge on any atom is 0.407 e. The van der Waals surface area contributed by atoms with Crippen molar-refractivity contribution in [3.8, 4) is 0 Å². The zero-order chi connectivity index (χ0) is 21.2. The highest BCUT2D eigenvalue weighted by atomic mass is 16.6.